The second-order valence-corrected chi connectivity index (χ2v) is 8.27. The SMILES string of the molecule is COc1ccc([C@H]2NCCc3c2[nH]c2ccccc32)cc1COc1ccc([N+](=O)[O-])c(C)c1. The average molecular weight is 444 g/mol. The Morgan fingerprint density at radius 1 is 1.12 bits per heavy atom. The van der Waals surface area contributed by atoms with E-state index in [1.54, 1.807) is 26.2 Å². The smallest absolute Gasteiger partial charge is 0.272 e. The Bertz CT molecular complexity index is 1340. The minimum atomic E-state index is -0.388. The van der Waals surface area contributed by atoms with Gasteiger partial charge in [-0.15, -0.1) is 0 Å². The summed E-state index contributed by atoms with van der Waals surface area (Å²) in [5.41, 5.74) is 6.41. The van der Waals surface area contributed by atoms with Gasteiger partial charge in [0.1, 0.15) is 18.1 Å². The summed E-state index contributed by atoms with van der Waals surface area (Å²) in [6, 6.07) is 19.4. The Morgan fingerprint density at radius 3 is 2.76 bits per heavy atom. The monoisotopic (exact) mass is 443 g/mol. The van der Waals surface area contributed by atoms with Gasteiger partial charge in [0.05, 0.1) is 18.1 Å². The molecule has 4 aromatic rings. The highest BCUT2D eigenvalue weighted by molar-refractivity contribution is 5.85. The van der Waals surface area contributed by atoms with Gasteiger partial charge in [0, 0.05) is 40.3 Å². The van der Waals surface area contributed by atoms with Crippen molar-refractivity contribution in [3.63, 3.8) is 0 Å². The third-order valence-electron chi connectivity index (χ3n) is 6.26. The number of H-pyrrole nitrogens is 1. The van der Waals surface area contributed by atoms with Crippen molar-refractivity contribution in [2.45, 2.75) is 26.0 Å². The molecule has 33 heavy (non-hydrogen) atoms. The maximum absolute atomic E-state index is 11.1. The van der Waals surface area contributed by atoms with Crippen LogP contribution in [-0.2, 0) is 13.0 Å². The lowest BCUT2D eigenvalue weighted by Crippen LogP contribution is -2.30. The first-order chi connectivity index (χ1) is 16.0. The molecule has 7 nitrogen and oxygen atoms in total. The van der Waals surface area contributed by atoms with E-state index in [-0.39, 0.29) is 16.7 Å². The molecule has 3 aromatic carbocycles. The number of rotatable bonds is 6. The van der Waals surface area contributed by atoms with E-state index in [0.717, 1.165) is 35.4 Å². The van der Waals surface area contributed by atoms with Crippen molar-refractivity contribution in [3.05, 3.63) is 98.7 Å². The van der Waals surface area contributed by atoms with Crippen molar-refractivity contribution >= 4 is 16.6 Å². The zero-order chi connectivity index (χ0) is 22.9. The van der Waals surface area contributed by atoms with Crippen LogP contribution in [0.2, 0.25) is 0 Å². The summed E-state index contributed by atoms with van der Waals surface area (Å²) in [6.07, 6.45) is 0.988. The Labute approximate surface area is 191 Å². The summed E-state index contributed by atoms with van der Waals surface area (Å²) >= 11 is 0. The van der Waals surface area contributed by atoms with Crippen LogP contribution in [0.1, 0.15) is 34.0 Å². The van der Waals surface area contributed by atoms with Gasteiger partial charge in [-0.1, -0.05) is 24.3 Å². The van der Waals surface area contributed by atoms with Crippen molar-refractivity contribution in [1.29, 1.82) is 0 Å². The van der Waals surface area contributed by atoms with Gasteiger partial charge in [0.25, 0.3) is 5.69 Å². The van der Waals surface area contributed by atoms with Crippen LogP contribution in [0.25, 0.3) is 10.9 Å². The lowest BCUT2D eigenvalue weighted by molar-refractivity contribution is -0.385. The molecule has 1 atom stereocenters. The van der Waals surface area contributed by atoms with Gasteiger partial charge in [0.2, 0.25) is 0 Å². The number of nitro groups is 1. The molecule has 2 N–H and O–H groups in total. The second-order valence-electron chi connectivity index (χ2n) is 8.27. The summed E-state index contributed by atoms with van der Waals surface area (Å²) in [5, 5.41) is 16.0. The predicted molar refractivity (Wildman–Crippen MR) is 127 cm³/mol. The minimum absolute atomic E-state index is 0.0485. The highest BCUT2D eigenvalue weighted by atomic mass is 16.6. The summed E-state index contributed by atoms with van der Waals surface area (Å²) in [6.45, 7) is 2.90. The lowest BCUT2D eigenvalue weighted by atomic mass is 9.93. The normalized spacial score (nSPS) is 15.3. The lowest BCUT2D eigenvalue weighted by Gasteiger charge is -2.25. The highest BCUT2D eigenvalue weighted by Gasteiger charge is 2.25. The zero-order valence-corrected chi connectivity index (χ0v) is 18.6. The molecule has 1 aliphatic heterocycles. The summed E-state index contributed by atoms with van der Waals surface area (Å²) in [4.78, 5) is 14.3. The number of nitrogens with zero attached hydrogens (tertiary/aromatic N) is 1. The van der Waals surface area contributed by atoms with Gasteiger partial charge in [-0.05, 0) is 54.8 Å². The number of nitrogens with one attached hydrogen (secondary N) is 2. The maximum atomic E-state index is 11.1. The number of aromatic amines is 1. The first kappa shape index (κ1) is 21.0. The minimum Gasteiger partial charge on any atom is -0.496 e. The van der Waals surface area contributed by atoms with Crippen LogP contribution in [0.4, 0.5) is 5.69 Å². The van der Waals surface area contributed by atoms with E-state index >= 15 is 0 Å². The number of ether oxygens (including phenoxy) is 2. The van der Waals surface area contributed by atoms with E-state index in [0.29, 0.717) is 17.9 Å². The molecule has 5 rings (SSSR count). The molecule has 0 bridgehead atoms. The number of hydrogen-bond donors (Lipinski definition) is 2. The fourth-order valence-electron chi connectivity index (χ4n) is 4.64. The topological polar surface area (TPSA) is 89.4 Å². The second kappa shape index (κ2) is 8.60. The molecule has 1 aliphatic rings. The molecular weight excluding hydrogens is 418 g/mol. The van der Waals surface area contributed by atoms with Crippen LogP contribution in [0.15, 0.2) is 60.7 Å². The van der Waals surface area contributed by atoms with E-state index in [2.05, 4.69) is 46.7 Å². The Balaban J connectivity index is 1.44. The van der Waals surface area contributed by atoms with Crippen LogP contribution < -0.4 is 14.8 Å². The Hall–Kier alpha value is -3.84. The summed E-state index contributed by atoms with van der Waals surface area (Å²) in [7, 11) is 1.64. The number of para-hydroxylation sites is 1. The summed E-state index contributed by atoms with van der Waals surface area (Å²) < 4.78 is 11.5. The average Bonchev–Trinajstić information content (AvgIpc) is 3.21. The van der Waals surface area contributed by atoms with Crippen molar-refractivity contribution in [3.8, 4) is 11.5 Å². The van der Waals surface area contributed by atoms with Crippen molar-refractivity contribution in [1.82, 2.24) is 10.3 Å². The number of benzene rings is 3. The number of hydrogen-bond acceptors (Lipinski definition) is 5. The van der Waals surface area contributed by atoms with Crippen LogP contribution in [0.3, 0.4) is 0 Å². The standard InChI is InChI=1S/C26H25N3O4/c1-16-13-19(8-9-23(16)29(30)31)33-15-18-14-17(7-10-24(18)32-2)25-26-21(11-12-27-25)20-5-3-4-6-22(20)28-26/h3-10,13-14,25,27-28H,11-12,15H2,1-2H3/t25-/m1/s1. The molecule has 0 unspecified atom stereocenters. The largest absolute Gasteiger partial charge is 0.496 e. The number of fused-ring (bicyclic) bond motifs is 3. The first-order valence-corrected chi connectivity index (χ1v) is 10.9. The van der Waals surface area contributed by atoms with Crippen molar-refractivity contribution in [2.24, 2.45) is 0 Å². The third kappa shape index (κ3) is 3.91. The highest BCUT2D eigenvalue weighted by Crippen LogP contribution is 2.35. The zero-order valence-electron chi connectivity index (χ0n) is 18.6. The van der Waals surface area contributed by atoms with Crippen LogP contribution in [-0.4, -0.2) is 23.6 Å². The number of methoxy groups -OCH3 is 1. The van der Waals surface area contributed by atoms with Gasteiger partial charge in [0.15, 0.2) is 0 Å². The number of nitro benzene ring substituents is 1. The van der Waals surface area contributed by atoms with Gasteiger partial charge in [-0.2, -0.15) is 0 Å². The molecule has 0 fully saturated rings. The van der Waals surface area contributed by atoms with Gasteiger partial charge >= 0.3 is 0 Å². The predicted octanol–water partition coefficient (Wildman–Crippen LogP) is 5.21. The number of aryl methyl sites for hydroxylation is 1. The van der Waals surface area contributed by atoms with Crippen LogP contribution in [0.5, 0.6) is 11.5 Å². The Morgan fingerprint density at radius 2 is 1.97 bits per heavy atom. The molecule has 7 heteroatoms. The Kier molecular flexibility index (Phi) is 5.48. The molecular formula is C26H25N3O4. The van der Waals surface area contributed by atoms with Gasteiger partial charge in [-0.25, -0.2) is 0 Å². The van der Waals surface area contributed by atoms with Crippen LogP contribution in [0, 0.1) is 17.0 Å². The van der Waals surface area contributed by atoms with E-state index < -0.39 is 0 Å². The quantitative estimate of drug-likeness (QED) is 0.316. The fourth-order valence-corrected chi connectivity index (χ4v) is 4.64. The summed E-state index contributed by atoms with van der Waals surface area (Å²) in [5.74, 6) is 1.32. The molecule has 168 valence electrons. The molecule has 0 spiro atoms. The maximum Gasteiger partial charge on any atom is 0.272 e. The number of aromatic nitrogens is 1. The van der Waals surface area contributed by atoms with E-state index in [1.807, 2.05) is 6.07 Å². The molecule has 1 aromatic heterocycles. The van der Waals surface area contributed by atoms with E-state index in [1.165, 1.54) is 22.7 Å². The van der Waals surface area contributed by atoms with Crippen molar-refractivity contribution in [2.75, 3.05) is 13.7 Å². The fraction of sp³-hybridized carbons (Fsp3) is 0.231. The van der Waals surface area contributed by atoms with Gasteiger partial charge in [-0.3, -0.25) is 10.1 Å². The van der Waals surface area contributed by atoms with E-state index in [4.69, 9.17) is 9.47 Å². The molecule has 0 saturated heterocycles. The van der Waals surface area contributed by atoms with Crippen molar-refractivity contribution < 1.29 is 14.4 Å². The van der Waals surface area contributed by atoms with Gasteiger partial charge < -0.3 is 19.8 Å². The van der Waals surface area contributed by atoms with Crippen LogP contribution >= 0.6 is 0 Å². The first-order valence-electron chi connectivity index (χ1n) is 10.9. The molecule has 0 amide bonds. The molecule has 0 radical (unpaired) electrons. The molecule has 0 aliphatic carbocycles. The molecule has 2 heterocycles. The third-order valence-corrected chi connectivity index (χ3v) is 6.26. The van der Waals surface area contributed by atoms with E-state index in [9.17, 15) is 10.1 Å². The molecule has 0 saturated carbocycles.